The normalized spacial score (nSPS) is 11.7. The fourth-order valence-electron chi connectivity index (χ4n) is 1.31. The van der Waals surface area contributed by atoms with E-state index in [0.717, 1.165) is 24.8 Å². The van der Waals surface area contributed by atoms with Crippen molar-refractivity contribution in [2.75, 3.05) is 6.26 Å². The van der Waals surface area contributed by atoms with Gasteiger partial charge < -0.3 is 5.11 Å². The van der Waals surface area contributed by atoms with Gasteiger partial charge in [-0.25, -0.2) is 0 Å². The van der Waals surface area contributed by atoms with E-state index in [0.29, 0.717) is 0 Å². The summed E-state index contributed by atoms with van der Waals surface area (Å²) in [6.45, 7) is 2.11. The van der Waals surface area contributed by atoms with E-state index in [1.807, 2.05) is 24.3 Å². The van der Waals surface area contributed by atoms with Gasteiger partial charge in [0.1, 0.15) is 6.10 Å². The molecule has 1 rings (SSSR count). The van der Waals surface area contributed by atoms with Gasteiger partial charge in [0.15, 0.2) is 0 Å². The van der Waals surface area contributed by atoms with Gasteiger partial charge in [0.25, 0.3) is 0 Å². The van der Waals surface area contributed by atoms with Crippen molar-refractivity contribution in [2.24, 2.45) is 0 Å². The molecule has 1 aromatic carbocycles. The van der Waals surface area contributed by atoms with Crippen LogP contribution in [0.3, 0.4) is 0 Å². The zero-order valence-corrected chi connectivity index (χ0v) is 10.7. The maximum absolute atomic E-state index is 9.56. The van der Waals surface area contributed by atoms with E-state index in [1.165, 1.54) is 4.90 Å². The molecule has 0 bridgehead atoms. The molecule has 0 aromatic heterocycles. The van der Waals surface area contributed by atoms with Crippen LogP contribution >= 0.6 is 11.8 Å². The van der Waals surface area contributed by atoms with Crippen LogP contribution in [0.5, 0.6) is 0 Å². The summed E-state index contributed by atoms with van der Waals surface area (Å²) in [5.41, 5.74) is 0.966. The number of aliphatic hydroxyl groups excluding tert-OH is 1. The Morgan fingerprint density at radius 1 is 1.31 bits per heavy atom. The molecule has 0 aliphatic heterocycles. The van der Waals surface area contributed by atoms with Crippen LogP contribution in [0.1, 0.15) is 31.7 Å². The number of rotatable bonds is 4. The zero-order chi connectivity index (χ0) is 11.8. The van der Waals surface area contributed by atoms with Gasteiger partial charge in [0.2, 0.25) is 0 Å². The summed E-state index contributed by atoms with van der Waals surface area (Å²) < 4.78 is 0. The number of hydrogen-bond acceptors (Lipinski definition) is 2. The van der Waals surface area contributed by atoms with Crippen molar-refractivity contribution in [1.82, 2.24) is 0 Å². The van der Waals surface area contributed by atoms with Crippen molar-refractivity contribution in [2.45, 2.75) is 37.2 Å². The minimum atomic E-state index is -0.486. The second kappa shape index (κ2) is 7.38. The lowest BCUT2D eigenvalue weighted by Crippen LogP contribution is -2.01. The van der Waals surface area contributed by atoms with Gasteiger partial charge in [-0.05, 0) is 36.9 Å². The molecule has 0 spiro atoms. The van der Waals surface area contributed by atoms with Crippen molar-refractivity contribution >= 4 is 11.8 Å². The molecule has 2 heteroatoms. The molecule has 0 aliphatic carbocycles. The Morgan fingerprint density at radius 2 is 2.00 bits per heavy atom. The topological polar surface area (TPSA) is 20.2 Å². The van der Waals surface area contributed by atoms with Crippen LogP contribution < -0.4 is 0 Å². The minimum absolute atomic E-state index is 0.486. The molecule has 16 heavy (non-hydrogen) atoms. The van der Waals surface area contributed by atoms with Crippen molar-refractivity contribution in [1.29, 1.82) is 0 Å². The highest BCUT2D eigenvalue weighted by Gasteiger charge is 1.96. The highest BCUT2D eigenvalue weighted by atomic mass is 32.2. The smallest absolute Gasteiger partial charge is 0.115 e. The molecule has 1 nitrogen and oxygen atoms in total. The molecule has 0 amide bonds. The average molecular weight is 234 g/mol. The first-order chi connectivity index (χ1) is 7.76. The van der Waals surface area contributed by atoms with E-state index in [-0.39, 0.29) is 0 Å². The third-order valence-corrected chi connectivity index (χ3v) is 3.05. The molecule has 0 aliphatic rings. The highest BCUT2D eigenvalue weighted by molar-refractivity contribution is 7.98. The SMILES string of the molecule is CCCCC(O)C#Cc1ccc(SC)cc1. The first-order valence-electron chi connectivity index (χ1n) is 5.60. The Hall–Kier alpha value is -0.910. The molecule has 0 radical (unpaired) electrons. The summed E-state index contributed by atoms with van der Waals surface area (Å²) in [4.78, 5) is 1.23. The molecule has 1 N–H and O–H groups in total. The Morgan fingerprint density at radius 3 is 2.56 bits per heavy atom. The standard InChI is InChI=1S/C14H18OS/c1-3-4-5-13(15)9-6-12-7-10-14(16-2)11-8-12/h7-8,10-11,13,15H,3-5H2,1-2H3. The fraction of sp³-hybridized carbons (Fsp3) is 0.429. The van der Waals surface area contributed by atoms with Crippen molar-refractivity contribution in [3.05, 3.63) is 29.8 Å². The van der Waals surface area contributed by atoms with Gasteiger partial charge in [-0.2, -0.15) is 0 Å². The molecule has 86 valence electrons. The molecule has 1 unspecified atom stereocenters. The predicted octanol–water partition coefficient (Wildman–Crippen LogP) is 3.31. The van der Waals surface area contributed by atoms with Crippen LogP contribution in [0.4, 0.5) is 0 Å². The van der Waals surface area contributed by atoms with E-state index in [4.69, 9.17) is 0 Å². The third kappa shape index (κ3) is 4.74. The molecular formula is C14H18OS. The van der Waals surface area contributed by atoms with Gasteiger partial charge in [-0.1, -0.05) is 31.6 Å². The maximum Gasteiger partial charge on any atom is 0.115 e. The second-order valence-corrected chi connectivity index (χ2v) is 4.54. The van der Waals surface area contributed by atoms with E-state index in [1.54, 1.807) is 11.8 Å². The lowest BCUT2D eigenvalue weighted by molar-refractivity contribution is 0.218. The number of hydrogen-bond donors (Lipinski definition) is 1. The van der Waals surface area contributed by atoms with E-state index in [2.05, 4.69) is 25.0 Å². The quantitative estimate of drug-likeness (QED) is 0.637. The van der Waals surface area contributed by atoms with Crippen LogP contribution in [0.2, 0.25) is 0 Å². The maximum atomic E-state index is 9.56. The predicted molar refractivity (Wildman–Crippen MR) is 70.6 cm³/mol. The Labute approximate surface area is 102 Å². The molecular weight excluding hydrogens is 216 g/mol. The van der Waals surface area contributed by atoms with E-state index < -0.39 is 6.10 Å². The number of thioether (sulfide) groups is 1. The lowest BCUT2D eigenvalue weighted by atomic mass is 10.1. The van der Waals surface area contributed by atoms with E-state index >= 15 is 0 Å². The van der Waals surface area contributed by atoms with Crippen LogP contribution in [0.15, 0.2) is 29.2 Å². The molecule has 0 heterocycles. The largest absolute Gasteiger partial charge is 0.380 e. The molecule has 0 saturated carbocycles. The van der Waals surface area contributed by atoms with Gasteiger partial charge in [0, 0.05) is 10.5 Å². The summed E-state index contributed by atoms with van der Waals surface area (Å²) in [7, 11) is 0. The second-order valence-electron chi connectivity index (χ2n) is 3.66. The minimum Gasteiger partial charge on any atom is -0.380 e. The van der Waals surface area contributed by atoms with Crippen molar-refractivity contribution in [3.8, 4) is 11.8 Å². The molecule has 1 atom stereocenters. The van der Waals surface area contributed by atoms with Gasteiger partial charge in [-0.3, -0.25) is 0 Å². The summed E-state index contributed by atoms with van der Waals surface area (Å²) in [5, 5.41) is 9.56. The lowest BCUT2D eigenvalue weighted by Gasteiger charge is -2.00. The number of benzene rings is 1. The average Bonchev–Trinajstić information content (AvgIpc) is 2.34. The Balaban J connectivity index is 2.55. The fourth-order valence-corrected chi connectivity index (χ4v) is 1.72. The zero-order valence-electron chi connectivity index (χ0n) is 9.86. The highest BCUT2D eigenvalue weighted by Crippen LogP contribution is 2.14. The van der Waals surface area contributed by atoms with Crippen LogP contribution in [0.25, 0.3) is 0 Å². The van der Waals surface area contributed by atoms with Crippen LogP contribution in [-0.4, -0.2) is 17.5 Å². The molecule has 1 aromatic rings. The Kier molecular flexibility index (Phi) is 6.07. The third-order valence-electron chi connectivity index (χ3n) is 2.30. The monoisotopic (exact) mass is 234 g/mol. The summed E-state index contributed by atoms with van der Waals surface area (Å²) in [6.07, 6.45) is 4.46. The van der Waals surface area contributed by atoms with Crippen LogP contribution in [0, 0.1) is 11.8 Å². The molecule has 0 fully saturated rings. The number of aliphatic hydroxyl groups is 1. The van der Waals surface area contributed by atoms with Gasteiger partial charge in [-0.15, -0.1) is 11.8 Å². The Bertz CT molecular complexity index is 359. The first kappa shape index (κ1) is 13.2. The van der Waals surface area contributed by atoms with E-state index in [9.17, 15) is 5.11 Å². The van der Waals surface area contributed by atoms with Crippen molar-refractivity contribution < 1.29 is 5.11 Å². The van der Waals surface area contributed by atoms with Crippen molar-refractivity contribution in [3.63, 3.8) is 0 Å². The number of unbranched alkanes of at least 4 members (excludes halogenated alkanes) is 1. The summed E-state index contributed by atoms with van der Waals surface area (Å²) in [5.74, 6) is 5.87. The summed E-state index contributed by atoms with van der Waals surface area (Å²) in [6, 6.07) is 8.08. The molecule has 0 saturated heterocycles. The summed E-state index contributed by atoms with van der Waals surface area (Å²) >= 11 is 1.72. The van der Waals surface area contributed by atoms with Gasteiger partial charge >= 0.3 is 0 Å². The van der Waals surface area contributed by atoms with Gasteiger partial charge in [0.05, 0.1) is 0 Å². The first-order valence-corrected chi connectivity index (χ1v) is 6.82. The van der Waals surface area contributed by atoms with Crippen LogP contribution in [-0.2, 0) is 0 Å².